The highest BCUT2D eigenvalue weighted by Crippen LogP contribution is 2.18. The highest BCUT2D eigenvalue weighted by Gasteiger charge is 2.01. The minimum atomic E-state index is 0.573. The summed E-state index contributed by atoms with van der Waals surface area (Å²) in [6.07, 6.45) is 0. The predicted molar refractivity (Wildman–Crippen MR) is 78.0 cm³/mol. The normalized spacial score (nSPS) is 10.4. The van der Waals surface area contributed by atoms with Gasteiger partial charge in [-0.05, 0) is 31.2 Å². The van der Waals surface area contributed by atoms with Crippen molar-refractivity contribution in [3.05, 3.63) is 40.3 Å². The predicted octanol–water partition coefficient (Wildman–Crippen LogP) is 3.09. The Morgan fingerprint density at radius 1 is 1.21 bits per heavy atom. The number of rotatable bonds is 7. The second-order valence-electron chi connectivity index (χ2n) is 4.08. The third-order valence-electron chi connectivity index (χ3n) is 2.71. The number of hydrogen-bond acceptors (Lipinski definition) is 5. The van der Waals surface area contributed by atoms with Crippen LogP contribution in [0.4, 0.5) is 5.69 Å². The molecule has 0 radical (unpaired) electrons. The van der Waals surface area contributed by atoms with Crippen LogP contribution >= 0.6 is 11.3 Å². The van der Waals surface area contributed by atoms with Gasteiger partial charge in [0, 0.05) is 17.7 Å². The third-order valence-corrected chi connectivity index (χ3v) is 3.64. The Morgan fingerprint density at radius 3 is 2.63 bits per heavy atom. The number of aromatic nitrogens is 1. The summed E-state index contributed by atoms with van der Waals surface area (Å²) >= 11 is 1.67. The first-order valence-corrected chi connectivity index (χ1v) is 7.02. The Kier molecular flexibility index (Phi) is 5.18. The Labute approximate surface area is 117 Å². The number of nitrogens with one attached hydrogen (secondary N) is 1. The number of hydrogen-bond donors (Lipinski definition) is 1. The van der Waals surface area contributed by atoms with Crippen LogP contribution in [-0.4, -0.2) is 25.3 Å². The second-order valence-corrected chi connectivity index (χ2v) is 5.02. The van der Waals surface area contributed by atoms with Gasteiger partial charge in [-0.15, -0.1) is 11.3 Å². The van der Waals surface area contributed by atoms with E-state index in [1.165, 1.54) is 4.88 Å². The summed E-state index contributed by atoms with van der Waals surface area (Å²) in [6.45, 7) is 4.01. The van der Waals surface area contributed by atoms with Crippen LogP contribution in [0.3, 0.4) is 0 Å². The molecule has 1 aromatic carbocycles. The van der Waals surface area contributed by atoms with Crippen LogP contribution < -0.4 is 10.1 Å². The van der Waals surface area contributed by atoms with E-state index in [9.17, 15) is 0 Å². The fraction of sp³-hybridized carbons (Fsp3) is 0.357. The second kappa shape index (κ2) is 7.11. The minimum Gasteiger partial charge on any atom is -0.491 e. The zero-order valence-corrected chi connectivity index (χ0v) is 12.0. The van der Waals surface area contributed by atoms with Gasteiger partial charge in [0.2, 0.25) is 0 Å². The Bertz CT molecular complexity index is 496. The van der Waals surface area contributed by atoms with Crippen molar-refractivity contribution in [3.8, 4) is 5.75 Å². The first kappa shape index (κ1) is 13.8. The summed E-state index contributed by atoms with van der Waals surface area (Å²) < 4.78 is 10.4. The lowest BCUT2D eigenvalue weighted by atomic mass is 10.3. The van der Waals surface area contributed by atoms with Crippen LogP contribution in [0.25, 0.3) is 0 Å². The average molecular weight is 278 g/mol. The van der Waals surface area contributed by atoms with E-state index in [4.69, 9.17) is 9.47 Å². The maximum absolute atomic E-state index is 5.51. The number of aryl methyl sites for hydroxylation is 1. The van der Waals surface area contributed by atoms with Gasteiger partial charge in [0.15, 0.2) is 0 Å². The van der Waals surface area contributed by atoms with Crippen LogP contribution in [0.5, 0.6) is 5.75 Å². The molecule has 0 spiro atoms. The van der Waals surface area contributed by atoms with Gasteiger partial charge in [-0.3, -0.25) is 0 Å². The molecule has 2 aromatic rings. The topological polar surface area (TPSA) is 43.4 Å². The van der Waals surface area contributed by atoms with Crippen LogP contribution in [0, 0.1) is 6.92 Å². The number of nitrogens with zero attached hydrogens (tertiary/aromatic N) is 1. The summed E-state index contributed by atoms with van der Waals surface area (Å²) in [4.78, 5) is 5.50. The zero-order valence-electron chi connectivity index (χ0n) is 11.2. The monoisotopic (exact) mass is 278 g/mol. The molecule has 0 aliphatic carbocycles. The fourth-order valence-corrected chi connectivity index (χ4v) is 2.31. The number of ether oxygens (including phenoxy) is 2. The molecule has 1 heterocycles. The molecule has 2 rings (SSSR count). The van der Waals surface area contributed by atoms with Crippen molar-refractivity contribution >= 4 is 17.0 Å². The fourth-order valence-electron chi connectivity index (χ4n) is 1.59. The van der Waals surface area contributed by atoms with E-state index < -0.39 is 0 Å². The van der Waals surface area contributed by atoms with Gasteiger partial charge >= 0.3 is 0 Å². The molecule has 5 heteroatoms. The van der Waals surface area contributed by atoms with Crippen LogP contribution in [0.1, 0.15) is 10.6 Å². The lowest BCUT2D eigenvalue weighted by Crippen LogP contribution is -2.04. The summed E-state index contributed by atoms with van der Waals surface area (Å²) in [7, 11) is 1.66. The van der Waals surface area contributed by atoms with E-state index in [0.29, 0.717) is 13.2 Å². The number of anilines is 1. The largest absolute Gasteiger partial charge is 0.491 e. The molecular formula is C14H18N2O2S. The average Bonchev–Trinajstić information content (AvgIpc) is 2.84. The molecule has 0 bridgehead atoms. The molecule has 0 amide bonds. The molecule has 102 valence electrons. The molecule has 0 fully saturated rings. The van der Waals surface area contributed by atoms with E-state index in [0.717, 1.165) is 23.7 Å². The smallest absolute Gasteiger partial charge is 0.119 e. The number of benzene rings is 1. The standard InChI is InChI=1S/C14H18N2O2S/c1-11-14(19-10-16-11)9-15-12-3-5-13(6-4-12)18-8-7-17-2/h3-6,10,15H,7-9H2,1-2H3. The van der Waals surface area contributed by atoms with E-state index in [1.54, 1.807) is 18.4 Å². The first-order valence-electron chi connectivity index (χ1n) is 6.14. The van der Waals surface area contributed by atoms with Gasteiger partial charge in [-0.2, -0.15) is 0 Å². The molecule has 0 aliphatic heterocycles. The van der Waals surface area contributed by atoms with E-state index in [2.05, 4.69) is 10.3 Å². The summed E-state index contributed by atoms with van der Waals surface area (Å²) in [5.41, 5.74) is 4.04. The molecule has 4 nitrogen and oxygen atoms in total. The Morgan fingerprint density at radius 2 is 2.00 bits per heavy atom. The number of thiazole rings is 1. The summed E-state index contributed by atoms with van der Waals surface area (Å²) in [5, 5.41) is 3.37. The van der Waals surface area contributed by atoms with Gasteiger partial charge in [-0.1, -0.05) is 0 Å². The van der Waals surface area contributed by atoms with Gasteiger partial charge in [-0.25, -0.2) is 4.98 Å². The molecule has 0 atom stereocenters. The minimum absolute atomic E-state index is 0.573. The first-order chi connectivity index (χ1) is 9.29. The molecular weight excluding hydrogens is 260 g/mol. The lowest BCUT2D eigenvalue weighted by molar-refractivity contribution is 0.146. The van der Waals surface area contributed by atoms with E-state index >= 15 is 0 Å². The van der Waals surface area contributed by atoms with E-state index in [-0.39, 0.29) is 0 Å². The van der Waals surface area contributed by atoms with Crippen molar-refractivity contribution in [2.24, 2.45) is 0 Å². The molecule has 0 saturated heterocycles. The molecule has 0 saturated carbocycles. The highest BCUT2D eigenvalue weighted by atomic mass is 32.1. The summed E-state index contributed by atoms with van der Waals surface area (Å²) in [6, 6.07) is 7.94. The number of methoxy groups -OCH3 is 1. The van der Waals surface area contributed by atoms with Gasteiger partial charge < -0.3 is 14.8 Å². The van der Waals surface area contributed by atoms with Gasteiger partial charge in [0.25, 0.3) is 0 Å². The third kappa shape index (κ3) is 4.22. The molecule has 0 unspecified atom stereocenters. The molecule has 1 N–H and O–H groups in total. The van der Waals surface area contributed by atoms with Crippen LogP contribution in [0.2, 0.25) is 0 Å². The highest BCUT2D eigenvalue weighted by molar-refractivity contribution is 7.09. The Hall–Kier alpha value is -1.59. The van der Waals surface area contributed by atoms with Crippen molar-refractivity contribution in [2.45, 2.75) is 13.5 Å². The Balaban J connectivity index is 1.83. The van der Waals surface area contributed by atoms with Gasteiger partial charge in [0.1, 0.15) is 12.4 Å². The van der Waals surface area contributed by atoms with Crippen LogP contribution in [0.15, 0.2) is 29.8 Å². The van der Waals surface area contributed by atoms with Crippen molar-refractivity contribution in [1.29, 1.82) is 0 Å². The SMILES string of the molecule is COCCOc1ccc(NCc2scnc2C)cc1. The summed E-state index contributed by atoms with van der Waals surface area (Å²) in [5.74, 6) is 0.858. The zero-order chi connectivity index (χ0) is 13.5. The van der Waals surface area contributed by atoms with Crippen LogP contribution in [-0.2, 0) is 11.3 Å². The maximum atomic E-state index is 5.51. The van der Waals surface area contributed by atoms with Gasteiger partial charge in [0.05, 0.1) is 24.4 Å². The lowest BCUT2D eigenvalue weighted by Gasteiger charge is -2.08. The molecule has 1 aromatic heterocycles. The van der Waals surface area contributed by atoms with Crippen molar-refractivity contribution in [3.63, 3.8) is 0 Å². The quantitative estimate of drug-likeness (QED) is 0.790. The van der Waals surface area contributed by atoms with E-state index in [1.807, 2.05) is 36.7 Å². The maximum Gasteiger partial charge on any atom is 0.119 e. The molecule has 0 aliphatic rings. The van der Waals surface area contributed by atoms with Crippen molar-refractivity contribution in [2.75, 3.05) is 25.6 Å². The van der Waals surface area contributed by atoms with Crippen molar-refractivity contribution < 1.29 is 9.47 Å². The molecule has 19 heavy (non-hydrogen) atoms. The van der Waals surface area contributed by atoms with Crippen molar-refractivity contribution in [1.82, 2.24) is 4.98 Å².